The fraction of sp³-hybridized carbons (Fsp3) is 0.188. The molecule has 18 rings (SSSR count). The predicted octanol–water partition coefficient (Wildman–Crippen LogP) is 15.9. The van der Waals surface area contributed by atoms with Crippen LogP contribution in [0.5, 0.6) is 17.6 Å². The van der Waals surface area contributed by atoms with Gasteiger partial charge in [-0.05, 0) is 163 Å². The van der Waals surface area contributed by atoms with Gasteiger partial charge in [0.25, 0.3) is 0 Å². The predicted molar refractivity (Wildman–Crippen MR) is 470 cm³/mol. The van der Waals surface area contributed by atoms with Crippen molar-refractivity contribution in [2.24, 2.45) is 0 Å². The molecule has 0 radical (unpaired) electrons. The highest BCUT2D eigenvalue weighted by Gasteiger charge is 2.39. The maximum Gasteiger partial charge on any atom is 0.335 e. The van der Waals surface area contributed by atoms with Crippen molar-refractivity contribution in [2.45, 2.75) is 93.7 Å². The molecule has 0 saturated carbocycles. The Kier molecular flexibility index (Phi) is 25.7. The van der Waals surface area contributed by atoms with E-state index in [1.807, 2.05) is 18.2 Å². The van der Waals surface area contributed by atoms with Crippen molar-refractivity contribution in [1.29, 1.82) is 15.8 Å². The van der Waals surface area contributed by atoms with Crippen LogP contribution in [0.4, 0.5) is 26.3 Å². The van der Waals surface area contributed by atoms with Crippen LogP contribution in [0.2, 0.25) is 0 Å². The Labute approximate surface area is 749 Å². The minimum atomic E-state index is -3.24. The number of benzene rings is 9. The largest absolute Gasteiger partial charge is 0.478 e. The van der Waals surface area contributed by atoms with Crippen LogP contribution >= 0.6 is 0 Å². The van der Waals surface area contributed by atoms with Gasteiger partial charge in [-0.2, -0.15) is 15.8 Å². The minimum absolute atomic E-state index is 0.0398. The molecule has 9 heterocycles. The van der Waals surface area contributed by atoms with E-state index in [2.05, 4.69) is 29.9 Å². The van der Waals surface area contributed by atoms with E-state index in [4.69, 9.17) is 30.0 Å². The molecule has 3 atom stereocenters. The van der Waals surface area contributed by atoms with Crippen LogP contribution in [-0.2, 0) is 88.2 Å². The van der Waals surface area contributed by atoms with Crippen LogP contribution in [0, 0.1) is 68.9 Å². The molecule has 3 saturated heterocycles. The highest BCUT2D eigenvalue weighted by atomic mass is 32.2. The van der Waals surface area contributed by atoms with E-state index in [9.17, 15) is 68.1 Å². The SMILES string of the molecule is N#Cc1ccc(COc2cccc(-c3ccc(Cc4nc5ccc(C(=O)O)cc5n4CC4CCS4(=O)=O)c(F)c3)n2)c(F)c1.N#Cc1ccc(COc2cccc(-c3ccc(Cc4nc5ccc(C(=O)O)cc5n4CC4CCS4(=O)=O)c(F)c3)n2)c(F)c1.N#Cc1ccc(COc2cccc(-c3ccc(Cc4nc5ccc(C(=O)O)cc5n4CC4CCS4(=O)=O)c(F)c3)n2)c(F)c1. The Balaban J connectivity index is 0.000000144. The van der Waals surface area contributed by atoms with Gasteiger partial charge in [-0.25, -0.2) is 95.9 Å². The molecule has 27 nitrogen and oxygen atoms in total. The molecule has 3 aliphatic rings. The molecule has 3 aliphatic heterocycles. The summed E-state index contributed by atoms with van der Waals surface area (Å²) >= 11 is 0. The molecule has 6 aromatic heterocycles. The lowest BCUT2D eigenvalue weighted by atomic mass is 10.1. The lowest BCUT2D eigenvalue weighted by Crippen LogP contribution is -2.40. The fourth-order valence-corrected chi connectivity index (χ4v) is 19.3. The number of aromatic carboxylic acids is 3. The fourth-order valence-electron chi connectivity index (χ4n) is 15.3. The van der Waals surface area contributed by atoms with Crippen molar-refractivity contribution in [3.05, 3.63) is 338 Å². The first-order valence-electron chi connectivity index (χ1n) is 40.9. The zero-order valence-electron chi connectivity index (χ0n) is 69.2. The number of carbonyl (C=O) groups is 3. The average molecular weight is 1840 g/mol. The van der Waals surface area contributed by atoms with Gasteiger partial charge in [0.15, 0.2) is 29.5 Å². The first-order chi connectivity index (χ1) is 63.3. The molecule has 15 aromatic rings. The lowest BCUT2D eigenvalue weighted by molar-refractivity contribution is 0.0686. The standard InChI is InChI=1S/3C32H24F2N4O5S/c3*33-25-12-19(16-35)4-5-23(25)18-43-31-3-1-2-27(37-31)21-7-6-20(26(34)13-21)15-30-36-28-9-8-22(32(39)40)14-29(28)38(30)17-24-10-11-44(24,41)42/h3*1-9,12-14,24H,10-11,15,17-18H2,(H,39,40). The van der Waals surface area contributed by atoms with E-state index < -0.39 is 98.1 Å². The second kappa shape index (κ2) is 37.7. The summed E-state index contributed by atoms with van der Waals surface area (Å²) < 4.78 is 185. The average Bonchev–Trinajstić information content (AvgIpc) is 1.65. The van der Waals surface area contributed by atoms with Crippen LogP contribution in [0.25, 0.3) is 66.9 Å². The van der Waals surface area contributed by atoms with Crippen molar-refractivity contribution in [3.63, 3.8) is 0 Å². The summed E-state index contributed by atoms with van der Waals surface area (Å²) in [6.07, 6.45) is 1.60. The summed E-state index contributed by atoms with van der Waals surface area (Å²) in [5, 5.41) is 53.3. The zero-order valence-corrected chi connectivity index (χ0v) is 71.7. The van der Waals surface area contributed by atoms with Gasteiger partial charge in [-0.3, -0.25) is 0 Å². The Morgan fingerprint density at radius 1 is 0.341 bits per heavy atom. The second-order valence-electron chi connectivity index (χ2n) is 31.4. The van der Waals surface area contributed by atoms with Crippen LogP contribution in [0.15, 0.2) is 218 Å². The highest BCUT2D eigenvalue weighted by Crippen LogP contribution is 2.36. The summed E-state index contributed by atoms with van der Waals surface area (Å²) in [5.74, 6) is -4.49. The quantitative estimate of drug-likeness (QED) is 0.0402. The number of carboxylic acids is 3. The number of carboxylic acid groups (broad SMARTS) is 3. The monoisotopic (exact) mass is 1840 g/mol. The molecule has 666 valence electrons. The van der Waals surface area contributed by atoms with Crippen molar-refractivity contribution < 1.29 is 95.5 Å². The number of imidazole rings is 3. The molecule has 9 aromatic carbocycles. The Hall–Kier alpha value is -15.5. The number of hydrogen-bond donors (Lipinski definition) is 3. The number of sulfone groups is 3. The summed E-state index contributed by atoms with van der Waals surface area (Å²) in [4.78, 5) is 61.8. The normalized spacial score (nSPS) is 15.4. The van der Waals surface area contributed by atoms with Crippen LogP contribution in [0.1, 0.15) is 118 Å². The summed E-state index contributed by atoms with van der Waals surface area (Å²) in [6, 6.07) is 59.9. The van der Waals surface area contributed by atoms with Gasteiger partial charge in [0.2, 0.25) is 17.6 Å². The number of pyridine rings is 3. The number of nitriles is 3. The first kappa shape index (κ1) is 89.9. The van der Waals surface area contributed by atoms with E-state index >= 15 is 13.2 Å². The Morgan fingerprint density at radius 3 is 0.833 bits per heavy atom. The van der Waals surface area contributed by atoms with Gasteiger partial charge in [0.05, 0.1) is 135 Å². The maximum atomic E-state index is 15.5. The number of nitrogens with zero attached hydrogens (tertiary/aromatic N) is 12. The molecule has 0 spiro atoms. The second-order valence-corrected chi connectivity index (χ2v) is 38.6. The minimum Gasteiger partial charge on any atom is -0.478 e. The molecular weight excluding hydrogens is 1770 g/mol. The van der Waals surface area contributed by atoms with Crippen molar-refractivity contribution >= 4 is 80.5 Å². The van der Waals surface area contributed by atoms with E-state index in [1.54, 1.807) is 123 Å². The third kappa shape index (κ3) is 19.9. The van der Waals surface area contributed by atoms with E-state index in [-0.39, 0.29) is 144 Å². The van der Waals surface area contributed by atoms with Gasteiger partial charge in [-0.1, -0.05) is 72.8 Å². The molecular formula is C96H72F6N12O15S3. The maximum absolute atomic E-state index is 15.5. The Bertz CT molecular complexity index is 6980. The number of hydrogen-bond acceptors (Lipinski definition) is 21. The van der Waals surface area contributed by atoms with Gasteiger partial charge in [0.1, 0.15) is 72.2 Å². The van der Waals surface area contributed by atoms with E-state index in [1.165, 1.54) is 91.0 Å². The molecule has 3 fully saturated rings. The van der Waals surface area contributed by atoms with Crippen molar-refractivity contribution in [3.8, 4) is 69.6 Å². The number of rotatable bonds is 27. The lowest BCUT2D eigenvalue weighted by Gasteiger charge is -2.27. The molecule has 0 aliphatic carbocycles. The van der Waals surface area contributed by atoms with Crippen molar-refractivity contribution in [2.75, 3.05) is 17.3 Å². The van der Waals surface area contributed by atoms with Gasteiger partial charge in [-0.15, -0.1) is 0 Å². The van der Waals surface area contributed by atoms with Gasteiger partial charge >= 0.3 is 17.9 Å². The molecule has 3 N–H and O–H groups in total. The molecule has 132 heavy (non-hydrogen) atoms. The van der Waals surface area contributed by atoms with Gasteiger partial charge < -0.3 is 43.2 Å². The third-order valence-electron chi connectivity index (χ3n) is 23.0. The molecule has 3 unspecified atom stereocenters. The zero-order chi connectivity index (χ0) is 93.0. The van der Waals surface area contributed by atoms with Crippen molar-refractivity contribution in [1.82, 2.24) is 43.6 Å². The molecule has 0 amide bonds. The Morgan fingerprint density at radius 2 is 0.606 bits per heavy atom. The van der Waals surface area contributed by atoms with Crippen LogP contribution in [0.3, 0.4) is 0 Å². The van der Waals surface area contributed by atoms with Gasteiger partial charge in [0, 0.05) is 90.5 Å². The number of aromatic nitrogens is 9. The third-order valence-corrected chi connectivity index (χ3v) is 29.6. The number of ether oxygens (including phenoxy) is 3. The highest BCUT2D eigenvalue weighted by molar-refractivity contribution is 7.93. The van der Waals surface area contributed by atoms with E-state index in [0.717, 1.165) is 18.2 Å². The van der Waals surface area contributed by atoms with Crippen LogP contribution < -0.4 is 14.2 Å². The number of fused-ring (bicyclic) bond motifs is 3. The van der Waals surface area contributed by atoms with Crippen LogP contribution in [-0.4, -0.2) is 135 Å². The topological polar surface area (TPSA) is 406 Å². The number of halogens is 6. The molecule has 36 heteroatoms. The summed E-state index contributed by atoms with van der Waals surface area (Å²) in [7, 11) is -9.73. The molecule has 0 bridgehead atoms. The summed E-state index contributed by atoms with van der Waals surface area (Å²) in [5.41, 5.74) is 8.00. The van der Waals surface area contributed by atoms with E-state index in [0.29, 0.717) is 120 Å². The summed E-state index contributed by atoms with van der Waals surface area (Å²) in [6.45, 7) is -0.0463. The smallest absolute Gasteiger partial charge is 0.335 e. The first-order valence-corrected chi connectivity index (χ1v) is 46.0.